The number of unbranched alkanes of at least 4 members (excludes halogenated alkanes) is 1. The first-order valence-electron chi connectivity index (χ1n) is 8.92. The highest BCUT2D eigenvalue weighted by Crippen LogP contribution is 2.36. The molecule has 3 heteroatoms. The molecule has 0 saturated carbocycles. The smallest absolute Gasteiger partial charge is 0.261 e. The maximum atomic E-state index is 6.82. The first-order chi connectivity index (χ1) is 11.5. The lowest BCUT2D eigenvalue weighted by Gasteiger charge is -2.43. The molecule has 0 spiro atoms. The zero-order chi connectivity index (χ0) is 17.5. The molecule has 0 fully saturated rings. The van der Waals surface area contributed by atoms with Gasteiger partial charge in [-0.25, -0.2) is 0 Å². The SMILES string of the molecule is CNCCCCO[Si](c1ccccc1)(c1ccccc1)C(C)(C)C. The van der Waals surface area contributed by atoms with Crippen LogP contribution in [0, 0.1) is 0 Å². The van der Waals surface area contributed by atoms with E-state index in [0.29, 0.717) is 0 Å². The fraction of sp³-hybridized carbons (Fsp3) is 0.429. The molecule has 2 aromatic carbocycles. The van der Waals surface area contributed by atoms with Crippen LogP contribution in [0.4, 0.5) is 0 Å². The summed E-state index contributed by atoms with van der Waals surface area (Å²) in [5, 5.41) is 6.00. The lowest BCUT2D eigenvalue weighted by Crippen LogP contribution is -2.66. The van der Waals surface area contributed by atoms with Crippen molar-refractivity contribution in [1.29, 1.82) is 0 Å². The highest BCUT2D eigenvalue weighted by atomic mass is 28.4. The quantitative estimate of drug-likeness (QED) is 0.585. The van der Waals surface area contributed by atoms with Crippen molar-refractivity contribution in [2.45, 2.75) is 38.7 Å². The van der Waals surface area contributed by atoms with Crippen LogP contribution in [0.15, 0.2) is 60.7 Å². The van der Waals surface area contributed by atoms with Gasteiger partial charge in [0.05, 0.1) is 0 Å². The minimum Gasteiger partial charge on any atom is -0.407 e. The first-order valence-corrected chi connectivity index (χ1v) is 10.8. The van der Waals surface area contributed by atoms with E-state index < -0.39 is 8.32 Å². The van der Waals surface area contributed by atoms with Crippen LogP contribution in [0.3, 0.4) is 0 Å². The molecule has 0 amide bonds. The van der Waals surface area contributed by atoms with E-state index in [4.69, 9.17) is 4.43 Å². The van der Waals surface area contributed by atoms with Crippen molar-refractivity contribution in [3.8, 4) is 0 Å². The molecule has 24 heavy (non-hydrogen) atoms. The van der Waals surface area contributed by atoms with Crippen LogP contribution in [0.2, 0.25) is 5.04 Å². The predicted octanol–water partition coefficient (Wildman–Crippen LogP) is 3.56. The Morgan fingerprint density at radius 1 is 0.833 bits per heavy atom. The van der Waals surface area contributed by atoms with Gasteiger partial charge in [-0.3, -0.25) is 0 Å². The van der Waals surface area contributed by atoms with Crippen molar-refractivity contribution < 1.29 is 4.43 Å². The number of nitrogens with one attached hydrogen (secondary N) is 1. The van der Waals surface area contributed by atoms with Gasteiger partial charge < -0.3 is 9.74 Å². The summed E-state index contributed by atoms with van der Waals surface area (Å²) in [6.07, 6.45) is 2.24. The Bertz CT molecular complexity index is 553. The van der Waals surface area contributed by atoms with E-state index >= 15 is 0 Å². The van der Waals surface area contributed by atoms with Gasteiger partial charge in [-0.15, -0.1) is 0 Å². The molecule has 1 N–H and O–H groups in total. The average molecular weight is 342 g/mol. The zero-order valence-electron chi connectivity index (χ0n) is 15.5. The first kappa shape index (κ1) is 18.9. The summed E-state index contributed by atoms with van der Waals surface area (Å²) in [5.41, 5.74) is 0. The lowest BCUT2D eigenvalue weighted by molar-refractivity contribution is 0.288. The van der Waals surface area contributed by atoms with Gasteiger partial charge in [-0.2, -0.15) is 0 Å². The second kappa shape index (κ2) is 8.61. The highest BCUT2D eigenvalue weighted by molar-refractivity contribution is 6.99. The minimum absolute atomic E-state index is 0.0682. The van der Waals surface area contributed by atoms with E-state index in [2.05, 4.69) is 86.8 Å². The van der Waals surface area contributed by atoms with Crippen LogP contribution in [0.1, 0.15) is 33.6 Å². The Morgan fingerprint density at radius 2 is 1.33 bits per heavy atom. The largest absolute Gasteiger partial charge is 0.407 e. The third kappa shape index (κ3) is 4.15. The van der Waals surface area contributed by atoms with Crippen molar-refractivity contribution in [3.05, 3.63) is 60.7 Å². The summed E-state index contributed by atoms with van der Waals surface area (Å²) in [6.45, 7) is 8.84. The van der Waals surface area contributed by atoms with Gasteiger partial charge in [0.1, 0.15) is 0 Å². The Balaban J connectivity index is 2.42. The van der Waals surface area contributed by atoms with Crippen LogP contribution >= 0.6 is 0 Å². The Labute approximate surface area is 148 Å². The minimum atomic E-state index is -2.33. The third-order valence-electron chi connectivity index (χ3n) is 4.56. The van der Waals surface area contributed by atoms with Crippen molar-refractivity contribution in [3.63, 3.8) is 0 Å². The van der Waals surface area contributed by atoms with Crippen molar-refractivity contribution in [1.82, 2.24) is 5.32 Å². The molecule has 0 atom stereocenters. The van der Waals surface area contributed by atoms with Gasteiger partial charge in [0.25, 0.3) is 8.32 Å². The van der Waals surface area contributed by atoms with E-state index in [0.717, 1.165) is 26.0 Å². The monoisotopic (exact) mass is 341 g/mol. The highest BCUT2D eigenvalue weighted by Gasteiger charge is 2.49. The molecule has 0 aliphatic carbocycles. The molecular formula is C21H31NOSi. The molecule has 0 aliphatic rings. The molecule has 130 valence electrons. The van der Waals surface area contributed by atoms with Crippen molar-refractivity contribution in [2.75, 3.05) is 20.2 Å². The molecular weight excluding hydrogens is 310 g/mol. The van der Waals surface area contributed by atoms with Gasteiger partial charge in [0.15, 0.2) is 0 Å². The summed E-state index contributed by atoms with van der Waals surface area (Å²) < 4.78 is 6.82. The van der Waals surface area contributed by atoms with Crippen molar-refractivity contribution in [2.24, 2.45) is 0 Å². The number of hydrogen-bond acceptors (Lipinski definition) is 2. The van der Waals surface area contributed by atoms with Crippen molar-refractivity contribution >= 4 is 18.7 Å². The molecule has 0 saturated heterocycles. The second-order valence-electron chi connectivity index (χ2n) is 7.32. The summed E-state index contributed by atoms with van der Waals surface area (Å²) in [7, 11) is -0.327. The summed E-state index contributed by atoms with van der Waals surface area (Å²) in [5.74, 6) is 0. The summed E-state index contributed by atoms with van der Waals surface area (Å²) in [6, 6.07) is 21.7. The Morgan fingerprint density at radius 3 is 1.75 bits per heavy atom. The molecule has 2 nitrogen and oxygen atoms in total. The van der Waals surface area contributed by atoms with Crippen LogP contribution in [-0.4, -0.2) is 28.5 Å². The van der Waals surface area contributed by atoms with Crippen LogP contribution < -0.4 is 15.7 Å². The normalized spacial score (nSPS) is 12.3. The van der Waals surface area contributed by atoms with Crippen LogP contribution in [0.5, 0.6) is 0 Å². The summed E-state index contributed by atoms with van der Waals surface area (Å²) in [4.78, 5) is 0. The standard InChI is InChI=1S/C21H31NOSi/c1-21(2,3)24(19-13-7-5-8-14-19,20-15-9-6-10-16-20)23-18-12-11-17-22-4/h5-10,13-16,22H,11-12,17-18H2,1-4H3. The van der Waals surface area contributed by atoms with Crippen LogP contribution in [0.25, 0.3) is 0 Å². The van der Waals surface area contributed by atoms with E-state index in [1.54, 1.807) is 0 Å². The topological polar surface area (TPSA) is 21.3 Å². The Hall–Kier alpha value is -1.42. The summed E-state index contributed by atoms with van der Waals surface area (Å²) >= 11 is 0. The molecule has 0 radical (unpaired) electrons. The molecule has 2 aromatic rings. The maximum absolute atomic E-state index is 6.82. The van der Waals surface area contributed by atoms with Gasteiger partial charge >= 0.3 is 0 Å². The molecule has 0 aromatic heterocycles. The maximum Gasteiger partial charge on any atom is 0.261 e. The van der Waals surface area contributed by atoms with Gasteiger partial charge in [-0.05, 0) is 41.8 Å². The van der Waals surface area contributed by atoms with Crippen LogP contribution in [-0.2, 0) is 4.43 Å². The molecule has 0 bridgehead atoms. The number of rotatable bonds is 8. The third-order valence-corrected chi connectivity index (χ3v) is 9.60. The zero-order valence-corrected chi connectivity index (χ0v) is 16.5. The van der Waals surface area contributed by atoms with Gasteiger partial charge in [0.2, 0.25) is 0 Å². The van der Waals surface area contributed by atoms with E-state index in [1.807, 2.05) is 7.05 Å². The molecule has 0 aliphatic heterocycles. The average Bonchev–Trinajstić information content (AvgIpc) is 2.59. The molecule has 2 rings (SSSR count). The molecule has 0 unspecified atom stereocenters. The van der Waals surface area contributed by atoms with E-state index in [9.17, 15) is 0 Å². The predicted molar refractivity (Wildman–Crippen MR) is 107 cm³/mol. The number of hydrogen-bond donors (Lipinski definition) is 1. The number of benzene rings is 2. The lowest BCUT2D eigenvalue weighted by atomic mass is 10.2. The second-order valence-corrected chi connectivity index (χ2v) is 11.6. The van der Waals surface area contributed by atoms with E-state index in [1.165, 1.54) is 10.4 Å². The molecule has 0 heterocycles. The fourth-order valence-corrected chi connectivity index (χ4v) is 8.00. The van der Waals surface area contributed by atoms with Gasteiger partial charge in [0, 0.05) is 6.61 Å². The fourth-order valence-electron chi connectivity index (χ4n) is 3.39. The Kier molecular flexibility index (Phi) is 6.78. The van der Waals surface area contributed by atoms with Gasteiger partial charge in [-0.1, -0.05) is 81.4 Å². The van der Waals surface area contributed by atoms with E-state index in [-0.39, 0.29) is 5.04 Å².